The fourth-order valence-corrected chi connectivity index (χ4v) is 4.17. The Morgan fingerprint density at radius 1 is 1.06 bits per heavy atom. The highest BCUT2D eigenvalue weighted by molar-refractivity contribution is 9.10. The van der Waals surface area contributed by atoms with Gasteiger partial charge in [0.25, 0.3) is 0 Å². The van der Waals surface area contributed by atoms with E-state index in [0.717, 1.165) is 40.0 Å². The predicted molar refractivity (Wildman–Crippen MR) is 142 cm³/mol. The summed E-state index contributed by atoms with van der Waals surface area (Å²) < 4.78 is 2.56. The minimum absolute atomic E-state index is 0.130. The largest absolute Gasteiger partial charge is 0.370 e. The fraction of sp³-hybridized carbons (Fsp3) is 0.160. The van der Waals surface area contributed by atoms with E-state index in [4.69, 9.17) is 28.2 Å². The molecule has 2 aromatic carbocycles. The van der Waals surface area contributed by atoms with Gasteiger partial charge in [-0.15, -0.1) is 0 Å². The van der Waals surface area contributed by atoms with Crippen LogP contribution in [-0.4, -0.2) is 33.6 Å². The lowest BCUT2D eigenvalue weighted by Crippen LogP contribution is -2.22. The first kappa shape index (κ1) is 24.3. The Hall–Kier alpha value is -2.87. The van der Waals surface area contributed by atoms with E-state index in [2.05, 4.69) is 31.7 Å². The standard InChI is InChI=1S/C25H22BrCl2N5O/c26-20-16-31-33-23(15-22(32-25(20)33)19-8-1-2-9-21(19)28)29-12-3-4-13-30-24(34)11-10-17-6-5-7-18(27)14-17/h1-2,5-11,14-16,29H,3-4,12-13H2,(H,30,34)/b11-10+. The highest BCUT2D eigenvalue weighted by Gasteiger charge is 2.13. The van der Waals surface area contributed by atoms with Crippen LogP contribution in [0.1, 0.15) is 18.4 Å². The molecule has 0 saturated carbocycles. The van der Waals surface area contributed by atoms with Crippen molar-refractivity contribution in [3.05, 3.63) is 87.0 Å². The maximum Gasteiger partial charge on any atom is 0.243 e. The molecule has 0 radical (unpaired) electrons. The lowest BCUT2D eigenvalue weighted by atomic mass is 10.1. The van der Waals surface area contributed by atoms with Gasteiger partial charge in [0.15, 0.2) is 5.65 Å². The Morgan fingerprint density at radius 2 is 1.88 bits per heavy atom. The third-order valence-corrected chi connectivity index (χ3v) is 6.19. The second kappa shape index (κ2) is 11.5. The van der Waals surface area contributed by atoms with Crippen LogP contribution in [0.15, 0.2) is 71.3 Å². The van der Waals surface area contributed by atoms with Crippen LogP contribution in [0, 0.1) is 0 Å². The van der Waals surface area contributed by atoms with Gasteiger partial charge in [-0.3, -0.25) is 4.79 Å². The molecule has 174 valence electrons. The summed E-state index contributed by atoms with van der Waals surface area (Å²) >= 11 is 15.9. The van der Waals surface area contributed by atoms with Gasteiger partial charge in [0.1, 0.15) is 5.82 Å². The van der Waals surface area contributed by atoms with Crippen LogP contribution in [-0.2, 0) is 4.79 Å². The first-order valence-electron chi connectivity index (χ1n) is 10.8. The van der Waals surface area contributed by atoms with Gasteiger partial charge in [0, 0.05) is 40.8 Å². The molecule has 6 nitrogen and oxygen atoms in total. The van der Waals surface area contributed by atoms with Gasteiger partial charge >= 0.3 is 0 Å². The number of aromatic nitrogens is 3. The molecule has 0 unspecified atom stereocenters. The maximum atomic E-state index is 12.0. The number of fused-ring (bicyclic) bond motifs is 1. The van der Waals surface area contributed by atoms with E-state index in [1.165, 1.54) is 6.08 Å². The first-order valence-corrected chi connectivity index (χ1v) is 12.3. The number of hydrogen-bond acceptors (Lipinski definition) is 4. The summed E-state index contributed by atoms with van der Waals surface area (Å²) in [5.74, 6) is 0.689. The zero-order chi connectivity index (χ0) is 23.9. The van der Waals surface area contributed by atoms with Gasteiger partial charge in [-0.2, -0.15) is 9.61 Å². The molecule has 9 heteroatoms. The average molecular weight is 559 g/mol. The third-order valence-electron chi connectivity index (χ3n) is 5.06. The molecule has 0 saturated heterocycles. The molecule has 0 aliphatic rings. The second-order valence-electron chi connectivity index (χ2n) is 7.55. The molecule has 0 atom stereocenters. The Kier molecular flexibility index (Phi) is 8.21. The van der Waals surface area contributed by atoms with Crippen LogP contribution in [0.25, 0.3) is 23.0 Å². The summed E-state index contributed by atoms with van der Waals surface area (Å²) in [6.07, 6.45) is 6.68. The Balaban J connectivity index is 1.31. The van der Waals surface area contributed by atoms with E-state index >= 15 is 0 Å². The molecule has 0 fully saturated rings. The van der Waals surface area contributed by atoms with Crippen LogP contribution in [0.3, 0.4) is 0 Å². The summed E-state index contributed by atoms with van der Waals surface area (Å²) in [5.41, 5.74) is 3.22. The van der Waals surface area contributed by atoms with Crippen LogP contribution in [0.4, 0.5) is 5.82 Å². The normalized spacial score (nSPS) is 11.3. The van der Waals surface area contributed by atoms with Crippen molar-refractivity contribution in [2.45, 2.75) is 12.8 Å². The van der Waals surface area contributed by atoms with Gasteiger partial charge in [-0.1, -0.05) is 53.5 Å². The summed E-state index contributed by atoms with van der Waals surface area (Å²) in [5, 5.41) is 12.0. The van der Waals surface area contributed by atoms with Gasteiger partial charge in [-0.05, 0) is 58.6 Å². The number of halogens is 3. The molecule has 4 aromatic rings. The van der Waals surface area contributed by atoms with Crippen LogP contribution < -0.4 is 10.6 Å². The monoisotopic (exact) mass is 557 g/mol. The number of unbranched alkanes of at least 4 members (excludes halogenated alkanes) is 1. The van der Waals surface area contributed by atoms with Gasteiger partial charge in [0.05, 0.1) is 16.4 Å². The van der Waals surface area contributed by atoms with Crippen LogP contribution in [0.5, 0.6) is 0 Å². The molecule has 2 N–H and O–H groups in total. The number of benzene rings is 2. The predicted octanol–water partition coefficient (Wildman–Crippen LogP) is 6.49. The molecular formula is C25H22BrCl2N5O. The number of anilines is 1. The molecule has 1 amide bonds. The third kappa shape index (κ3) is 6.17. The number of hydrogen-bond donors (Lipinski definition) is 2. The lowest BCUT2D eigenvalue weighted by molar-refractivity contribution is -0.116. The van der Waals surface area contributed by atoms with E-state index < -0.39 is 0 Å². The SMILES string of the molecule is O=C(/C=C/c1cccc(Cl)c1)NCCCCNc1cc(-c2ccccc2Cl)nc2c(Br)cnn12. The Bertz CT molecular complexity index is 1340. The lowest BCUT2D eigenvalue weighted by Gasteiger charge is -2.11. The van der Waals surface area contributed by atoms with E-state index in [-0.39, 0.29) is 5.91 Å². The summed E-state index contributed by atoms with van der Waals surface area (Å²) in [6, 6.07) is 16.9. The van der Waals surface area contributed by atoms with Crippen molar-refractivity contribution in [3.63, 3.8) is 0 Å². The minimum Gasteiger partial charge on any atom is -0.370 e. The van der Waals surface area contributed by atoms with E-state index in [9.17, 15) is 4.79 Å². The van der Waals surface area contributed by atoms with E-state index in [1.54, 1.807) is 22.9 Å². The Morgan fingerprint density at radius 3 is 2.71 bits per heavy atom. The summed E-state index contributed by atoms with van der Waals surface area (Å²) in [6.45, 7) is 1.30. The molecule has 0 aliphatic carbocycles. The second-order valence-corrected chi connectivity index (χ2v) is 9.25. The summed E-state index contributed by atoms with van der Waals surface area (Å²) in [4.78, 5) is 16.7. The van der Waals surface area contributed by atoms with E-state index in [0.29, 0.717) is 28.8 Å². The number of amides is 1. The molecule has 2 aromatic heterocycles. The van der Waals surface area contributed by atoms with Crippen molar-refractivity contribution in [2.75, 3.05) is 18.4 Å². The average Bonchev–Trinajstić information content (AvgIpc) is 3.21. The molecule has 4 rings (SSSR count). The van der Waals surface area contributed by atoms with Crippen LogP contribution in [0.2, 0.25) is 10.0 Å². The van der Waals surface area contributed by atoms with Crippen molar-refractivity contribution >= 4 is 62.6 Å². The molecule has 34 heavy (non-hydrogen) atoms. The molecule has 0 aliphatic heterocycles. The molecule has 0 spiro atoms. The first-order chi connectivity index (χ1) is 16.5. The van der Waals surface area contributed by atoms with Gasteiger partial charge < -0.3 is 10.6 Å². The number of nitrogens with zero attached hydrogens (tertiary/aromatic N) is 3. The fourth-order valence-electron chi connectivity index (χ4n) is 3.39. The highest BCUT2D eigenvalue weighted by atomic mass is 79.9. The number of carbonyl (C=O) groups excluding carboxylic acids is 1. The zero-order valence-corrected chi connectivity index (χ0v) is 21.2. The van der Waals surface area contributed by atoms with Crippen molar-refractivity contribution in [1.29, 1.82) is 0 Å². The smallest absolute Gasteiger partial charge is 0.243 e. The minimum atomic E-state index is -0.130. The van der Waals surface area contributed by atoms with Crippen molar-refractivity contribution < 1.29 is 4.79 Å². The molecule has 2 heterocycles. The van der Waals surface area contributed by atoms with Crippen molar-refractivity contribution in [1.82, 2.24) is 19.9 Å². The Labute approximate surface area is 216 Å². The van der Waals surface area contributed by atoms with Crippen LogP contribution >= 0.6 is 39.1 Å². The van der Waals surface area contributed by atoms with Crippen molar-refractivity contribution in [3.8, 4) is 11.3 Å². The summed E-state index contributed by atoms with van der Waals surface area (Å²) in [7, 11) is 0. The van der Waals surface area contributed by atoms with E-state index in [1.807, 2.05) is 48.5 Å². The van der Waals surface area contributed by atoms with Gasteiger partial charge in [0.2, 0.25) is 5.91 Å². The highest BCUT2D eigenvalue weighted by Crippen LogP contribution is 2.30. The quantitative estimate of drug-likeness (QED) is 0.182. The topological polar surface area (TPSA) is 71.3 Å². The number of carbonyl (C=O) groups is 1. The molecule has 0 bridgehead atoms. The van der Waals surface area contributed by atoms with Crippen molar-refractivity contribution in [2.24, 2.45) is 0 Å². The maximum absolute atomic E-state index is 12.0. The van der Waals surface area contributed by atoms with Gasteiger partial charge in [-0.25, -0.2) is 4.98 Å². The number of rotatable bonds is 9. The number of nitrogens with one attached hydrogen (secondary N) is 2. The zero-order valence-electron chi connectivity index (χ0n) is 18.1. The molecular weight excluding hydrogens is 537 g/mol.